The lowest BCUT2D eigenvalue weighted by molar-refractivity contribution is 0.0184. The van der Waals surface area contributed by atoms with Crippen molar-refractivity contribution in [3.8, 4) is 0 Å². The van der Waals surface area contributed by atoms with Gasteiger partial charge in [-0.2, -0.15) is 0 Å². The summed E-state index contributed by atoms with van der Waals surface area (Å²) in [5.74, 6) is 0. The molecule has 2 heteroatoms. The number of thiophene rings is 1. The Hall–Kier alpha value is -0.340. The molecule has 0 radical (unpaired) electrons. The molecule has 0 aromatic carbocycles. The summed E-state index contributed by atoms with van der Waals surface area (Å²) in [6, 6.07) is 2.31. The van der Waals surface area contributed by atoms with Crippen molar-refractivity contribution in [2.24, 2.45) is 0 Å². The Bertz CT molecular complexity index is 299. The Morgan fingerprint density at radius 3 is 3.08 bits per heavy atom. The van der Waals surface area contributed by atoms with Crippen molar-refractivity contribution in [2.45, 2.75) is 31.3 Å². The van der Waals surface area contributed by atoms with Crippen LogP contribution in [0, 0.1) is 0 Å². The van der Waals surface area contributed by atoms with Crippen molar-refractivity contribution >= 4 is 11.3 Å². The van der Waals surface area contributed by atoms with Gasteiger partial charge in [-0.05, 0) is 29.9 Å². The fraction of sp³-hybridized carbons (Fsp3) is 0.600. The third-order valence-electron chi connectivity index (χ3n) is 3.24. The van der Waals surface area contributed by atoms with E-state index in [1.54, 1.807) is 5.56 Å². The maximum atomic E-state index is 5.62. The van der Waals surface area contributed by atoms with E-state index in [1.165, 1.54) is 24.1 Å². The second-order valence-electron chi connectivity index (χ2n) is 3.88. The molecule has 2 aliphatic rings. The summed E-state index contributed by atoms with van der Waals surface area (Å²) < 4.78 is 5.62. The molecule has 0 atom stereocenters. The van der Waals surface area contributed by atoms with Crippen LogP contribution in [0.25, 0.3) is 0 Å². The first-order chi connectivity index (χ1) is 5.91. The molecule has 3 rings (SSSR count). The van der Waals surface area contributed by atoms with E-state index in [0.717, 1.165) is 13.2 Å². The molecule has 1 nitrogen and oxygen atoms in total. The zero-order valence-electron chi connectivity index (χ0n) is 7.01. The summed E-state index contributed by atoms with van der Waals surface area (Å²) >= 11 is 1.85. The van der Waals surface area contributed by atoms with Gasteiger partial charge < -0.3 is 4.74 Å². The van der Waals surface area contributed by atoms with Crippen LogP contribution in [-0.4, -0.2) is 6.61 Å². The highest BCUT2D eigenvalue weighted by atomic mass is 32.1. The first-order valence-corrected chi connectivity index (χ1v) is 5.43. The number of ether oxygens (including phenoxy) is 1. The number of hydrogen-bond donors (Lipinski definition) is 0. The zero-order valence-corrected chi connectivity index (χ0v) is 7.82. The molecule has 1 saturated carbocycles. The molecule has 1 fully saturated rings. The average Bonchev–Trinajstić information content (AvgIpc) is 2.47. The maximum absolute atomic E-state index is 5.62. The van der Waals surface area contributed by atoms with Crippen molar-refractivity contribution in [1.29, 1.82) is 0 Å². The molecule has 1 aromatic rings. The second kappa shape index (κ2) is 2.33. The minimum atomic E-state index is 0.452. The predicted molar refractivity (Wildman–Crippen MR) is 49.5 cm³/mol. The number of fused-ring (bicyclic) bond motifs is 2. The molecule has 0 saturated heterocycles. The van der Waals surface area contributed by atoms with Gasteiger partial charge in [-0.25, -0.2) is 0 Å². The summed E-state index contributed by atoms with van der Waals surface area (Å²) in [4.78, 5) is 1.47. The highest BCUT2D eigenvalue weighted by molar-refractivity contribution is 7.10. The summed E-state index contributed by atoms with van der Waals surface area (Å²) in [5, 5.41) is 2.21. The van der Waals surface area contributed by atoms with Crippen LogP contribution in [0.1, 0.15) is 29.7 Å². The van der Waals surface area contributed by atoms with E-state index in [9.17, 15) is 0 Å². The summed E-state index contributed by atoms with van der Waals surface area (Å²) in [6.07, 6.45) is 4.08. The topological polar surface area (TPSA) is 9.23 Å². The van der Waals surface area contributed by atoms with Gasteiger partial charge >= 0.3 is 0 Å². The van der Waals surface area contributed by atoms with Gasteiger partial charge in [0, 0.05) is 10.3 Å². The van der Waals surface area contributed by atoms with Gasteiger partial charge in [0.1, 0.15) is 0 Å². The van der Waals surface area contributed by atoms with Crippen LogP contribution in [0.5, 0.6) is 0 Å². The first-order valence-electron chi connectivity index (χ1n) is 4.55. The molecule has 1 spiro atoms. The normalized spacial score (nSPS) is 25.0. The second-order valence-corrected chi connectivity index (χ2v) is 4.88. The molecule has 0 amide bonds. The summed E-state index contributed by atoms with van der Waals surface area (Å²) in [5.41, 5.74) is 2.05. The molecule has 1 aliphatic heterocycles. The predicted octanol–water partition coefficient (Wildman–Crippen LogP) is 2.70. The molecule has 1 aliphatic carbocycles. The highest BCUT2D eigenvalue weighted by Gasteiger charge is 2.42. The Morgan fingerprint density at radius 2 is 2.33 bits per heavy atom. The van der Waals surface area contributed by atoms with Gasteiger partial charge in [-0.1, -0.05) is 6.42 Å². The van der Waals surface area contributed by atoms with E-state index in [0.29, 0.717) is 5.41 Å². The van der Waals surface area contributed by atoms with Crippen molar-refractivity contribution in [1.82, 2.24) is 0 Å². The monoisotopic (exact) mass is 180 g/mol. The molecule has 64 valence electrons. The van der Waals surface area contributed by atoms with E-state index in [-0.39, 0.29) is 0 Å². The fourth-order valence-corrected chi connectivity index (χ4v) is 3.29. The van der Waals surface area contributed by atoms with Gasteiger partial charge in [-0.15, -0.1) is 11.3 Å². The van der Waals surface area contributed by atoms with Crippen molar-refractivity contribution in [2.75, 3.05) is 6.61 Å². The molecular weight excluding hydrogens is 168 g/mol. The molecule has 0 unspecified atom stereocenters. The molecule has 12 heavy (non-hydrogen) atoms. The largest absolute Gasteiger partial charge is 0.375 e. The Morgan fingerprint density at radius 1 is 1.42 bits per heavy atom. The van der Waals surface area contributed by atoms with Crippen LogP contribution in [-0.2, 0) is 16.8 Å². The van der Waals surface area contributed by atoms with Gasteiger partial charge in [-0.3, -0.25) is 0 Å². The molecule has 2 heterocycles. The van der Waals surface area contributed by atoms with Crippen molar-refractivity contribution in [3.63, 3.8) is 0 Å². The molecule has 0 N–H and O–H groups in total. The Balaban J connectivity index is 2.09. The molecule has 1 aromatic heterocycles. The lowest BCUT2D eigenvalue weighted by atomic mass is 9.64. The van der Waals surface area contributed by atoms with Crippen molar-refractivity contribution < 1.29 is 4.74 Å². The Kier molecular flexibility index (Phi) is 1.38. The van der Waals surface area contributed by atoms with E-state index < -0.39 is 0 Å². The van der Waals surface area contributed by atoms with Gasteiger partial charge in [0.05, 0.1) is 13.2 Å². The lowest BCUT2D eigenvalue weighted by Crippen LogP contribution is -2.41. The van der Waals surface area contributed by atoms with Crippen LogP contribution < -0.4 is 0 Å². The van der Waals surface area contributed by atoms with Crippen LogP contribution in [0.3, 0.4) is 0 Å². The number of rotatable bonds is 0. The highest BCUT2D eigenvalue weighted by Crippen LogP contribution is 2.48. The van der Waals surface area contributed by atoms with E-state index in [4.69, 9.17) is 4.74 Å². The summed E-state index contributed by atoms with van der Waals surface area (Å²) in [6.45, 7) is 1.82. The van der Waals surface area contributed by atoms with Crippen molar-refractivity contribution in [3.05, 3.63) is 21.9 Å². The standard InChI is InChI=1S/C10H12OS/c1-3-10(4-1)7-11-6-9-8(10)2-5-12-9/h2,5H,1,3-4,6-7H2. The van der Waals surface area contributed by atoms with E-state index in [2.05, 4.69) is 11.4 Å². The number of hydrogen-bond acceptors (Lipinski definition) is 2. The van der Waals surface area contributed by atoms with Crippen LogP contribution in [0.4, 0.5) is 0 Å². The van der Waals surface area contributed by atoms with Gasteiger partial charge in [0.25, 0.3) is 0 Å². The molecule has 0 bridgehead atoms. The van der Waals surface area contributed by atoms with Crippen LogP contribution in [0.15, 0.2) is 11.4 Å². The smallest absolute Gasteiger partial charge is 0.0812 e. The molecular formula is C10H12OS. The third kappa shape index (κ3) is 0.771. The average molecular weight is 180 g/mol. The SMILES string of the molecule is c1cc2c(s1)COCC21CCC1. The van der Waals surface area contributed by atoms with Crippen LogP contribution >= 0.6 is 11.3 Å². The van der Waals surface area contributed by atoms with Gasteiger partial charge in [0.2, 0.25) is 0 Å². The van der Waals surface area contributed by atoms with E-state index >= 15 is 0 Å². The zero-order chi connectivity index (χ0) is 8.02. The lowest BCUT2D eigenvalue weighted by Gasteiger charge is -2.44. The maximum Gasteiger partial charge on any atom is 0.0812 e. The fourth-order valence-electron chi connectivity index (χ4n) is 2.36. The Labute approximate surface area is 76.4 Å². The van der Waals surface area contributed by atoms with Gasteiger partial charge in [0.15, 0.2) is 0 Å². The minimum Gasteiger partial charge on any atom is -0.375 e. The van der Waals surface area contributed by atoms with Crippen LogP contribution in [0.2, 0.25) is 0 Å². The van der Waals surface area contributed by atoms with E-state index in [1.807, 2.05) is 11.3 Å². The first kappa shape index (κ1) is 7.10. The summed E-state index contributed by atoms with van der Waals surface area (Å²) in [7, 11) is 0. The quantitative estimate of drug-likeness (QED) is 0.596. The third-order valence-corrected chi connectivity index (χ3v) is 4.13. The minimum absolute atomic E-state index is 0.452.